The summed E-state index contributed by atoms with van der Waals surface area (Å²) in [4.78, 5) is 16.2. The Morgan fingerprint density at radius 3 is 2.83 bits per heavy atom. The maximum Gasteiger partial charge on any atom is 0.273 e. The number of hydrogen-bond acceptors (Lipinski definition) is 2. The summed E-state index contributed by atoms with van der Waals surface area (Å²) < 4.78 is 3.63. The minimum absolute atomic E-state index is 0.173. The van der Waals surface area contributed by atoms with Crippen molar-refractivity contribution in [1.82, 2.24) is 9.55 Å². The number of aromatic nitrogens is 2. The largest absolute Gasteiger partial charge is 0.343 e. The molecule has 2 heterocycles. The van der Waals surface area contributed by atoms with E-state index >= 15 is 0 Å². The highest BCUT2D eigenvalue weighted by atomic mass is 79.9. The van der Waals surface area contributed by atoms with Crippen molar-refractivity contribution in [3.05, 3.63) is 45.2 Å². The summed E-state index contributed by atoms with van der Waals surface area (Å²) in [5.41, 5.74) is 0.603. The number of halogens is 2. The summed E-state index contributed by atoms with van der Waals surface area (Å²) in [5.74, 6) is 0.350. The van der Waals surface area contributed by atoms with E-state index in [4.69, 9.17) is 0 Å². The van der Waals surface area contributed by atoms with Gasteiger partial charge in [-0.3, -0.25) is 4.79 Å². The summed E-state index contributed by atoms with van der Waals surface area (Å²) in [5, 5.41) is 2.77. The number of carbonyl (C=O) groups is 1. The Balaban J connectivity index is 2.21. The molecule has 4 nitrogen and oxygen atoms in total. The number of nitrogens with zero attached hydrogens (tertiary/aromatic N) is 2. The lowest BCUT2D eigenvalue weighted by atomic mass is 10.4. The van der Waals surface area contributed by atoms with Gasteiger partial charge in [0.2, 0.25) is 0 Å². The molecule has 2 aromatic heterocycles. The van der Waals surface area contributed by atoms with Gasteiger partial charge in [-0.25, -0.2) is 4.98 Å². The minimum Gasteiger partial charge on any atom is -0.343 e. The zero-order chi connectivity index (χ0) is 13.1. The second-order valence-electron chi connectivity index (χ2n) is 3.64. The molecule has 6 heteroatoms. The molecule has 0 aliphatic heterocycles. The first-order valence-electron chi connectivity index (χ1n) is 5.38. The Bertz CT molecular complexity index is 580. The molecule has 0 fully saturated rings. The standard InChI is InChI=1S/C12H11Br2N3O/c1-2-17-7-9(14)5-10(17)12(18)16-11-6-8(13)3-4-15-11/h3-7H,2H2,1H3,(H,15,16,18). The monoisotopic (exact) mass is 371 g/mol. The van der Waals surface area contributed by atoms with Gasteiger partial charge in [-0.15, -0.1) is 0 Å². The molecule has 1 N–H and O–H groups in total. The molecule has 0 saturated carbocycles. The molecule has 0 unspecified atom stereocenters. The van der Waals surface area contributed by atoms with Crippen molar-refractivity contribution in [2.24, 2.45) is 0 Å². The van der Waals surface area contributed by atoms with E-state index < -0.39 is 0 Å². The molecule has 0 spiro atoms. The van der Waals surface area contributed by atoms with Crippen LogP contribution in [0.15, 0.2) is 39.5 Å². The zero-order valence-corrected chi connectivity index (χ0v) is 12.8. The van der Waals surface area contributed by atoms with Crippen molar-refractivity contribution in [1.29, 1.82) is 0 Å². The van der Waals surface area contributed by atoms with Gasteiger partial charge in [-0.1, -0.05) is 15.9 Å². The van der Waals surface area contributed by atoms with Crippen LogP contribution in [0.5, 0.6) is 0 Å². The first kappa shape index (κ1) is 13.3. The minimum atomic E-state index is -0.173. The molecule has 0 bridgehead atoms. The van der Waals surface area contributed by atoms with Gasteiger partial charge in [0.05, 0.1) is 0 Å². The van der Waals surface area contributed by atoms with E-state index in [2.05, 4.69) is 42.2 Å². The average Bonchev–Trinajstić information content (AvgIpc) is 2.70. The van der Waals surface area contributed by atoms with Crippen molar-refractivity contribution >= 4 is 43.6 Å². The third-order valence-electron chi connectivity index (χ3n) is 2.40. The van der Waals surface area contributed by atoms with Crippen molar-refractivity contribution < 1.29 is 4.79 Å². The fraction of sp³-hybridized carbons (Fsp3) is 0.167. The normalized spacial score (nSPS) is 10.4. The SMILES string of the molecule is CCn1cc(Br)cc1C(=O)Nc1cc(Br)ccn1. The van der Waals surface area contributed by atoms with E-state index in [0.29, 0.717) is 11.5 Å². The molecule has 0 aromatic carbocycles. The van der Waals surface area contributed by atoms with E-state index in [9.17, 15) is 4.79 Å². The molecular formula is C12H11Br2N3O. The molecule has 2 rings (SSSR count). The van der Waals surface area contributed by atoms with Crippen LogP contribution in [0.3, 0.4) is 0 Å². The molecule has 1 amide bonds. The molecule has 2 aromatic rings. The van der Waals surface area contributed by atoms with E-state index in [1.807, 2.05) is 17.7 Å². The summed E-state index contributed by atoms with van der Waals surface area (Å²) in [6, 6.07) is 5.35. The summed E-state index contributed by atoms with van der Waals surface area (Å²) in [7, 11) is 0. The van der Waals surface area contributed by atoms with Gasteiger partial charge in [0.1, 0.15) is 11.5 Å². The Hall–Kier alpha value is -1.14. The third-order valence-corrected chi connectivity index (χ3v) is 3.33. The molecule has 18 heavy (non-hydrogen) atoms. The van der Waals surface area contributed by atoms with Gasteiger partial charge < -0.3 is 9.88 Å². The Morgan fingerprint density at radius 1 is 1.39 bits per heavy atom. The van der Waals surface area contributed by atoms with Crippen LogP contribution in [0.2, 0.25) is 0 Å². The smallest absolute Gasteiger partial charge is 0.273 e. The summed E-state index contributed by atoms with van der Waals surface area (Å²) in [6.45, 7) is 2.72. The van der Waals surface area contributed by atoms with Crippen LogP contribution < -0.4 is 5.32 Å². The Kier molecular flexibility index (Phi) is 4.19. The van der Waals surface area contributed by atoms with E-state index in [1.165, 1.54) is 0 Å². The van der Waals surface area contributed by atoms with Crippen molar-refractivity contribution in [3.8, 4) is 0 Å². The molecule has 0 radical (unpaired) electrons. The number of amides is 1. The van der Waals surface area contributed by atoms with Crippen LogP contribution in [0.4, 0.5) is 5.82 Å². The predicted molar refractivity (Wildman–Crippen MR) is 77.7 cm³/mol. The number of anilines is 1. The maximum atomic E-state index is 12.1. The Morgan fingerprint density at radius 2 is 2.17 bits per heavy atom. The van der Waals surface area contributed by atoms with Gasteiger partial charge in [-0.05, 0) is 41.1 Å². The Labute approximate surface area is 122 Å². The fourth-order valence-corrected chi connectivity index (χ4v) is 2.38. The maximum absolute atomic E-state index is 12.1. The van der Waals surface area contributed by atoms with Gasteiger partial charge in [-0.2, -0.15) is 0 Å². The topological polar surface area (TPSA) is 46.9 Å². The molecular weight excluding hydrogens is 362 g/mol. The highest BCUT2D eigenvalue weighted by Gasteiger charge is 2.12. The predicted octanol–water partition coefficient (Wildman–Crippen LogP) is 3.68. The zero-order valence-electron chi connectivity index (χ0n) is 9.65. The third kappa shape index (κ3) is 3.00. The number of nitrogens with one attached hydrogen (secondary N) is 1. The highest BCUT2D eigenvalue weighted by Crippen LogP contribution is 2.17. The number of carbonyl (C=O) groups excluding carboxylic acids is 1. The van der Waals surface area contributed by atoms with Crippen LogP contribution in [0.1, 0.15) is 17.4 Å². The van der Waals surface area contributed by atoms with Crippen LogP contribution in [-0.2, 0) is 6.54 Å². The molecule has 0 aliphatic carbocycles. The second-order valence-corrected chi connectivity index (χ2v) is 5.47. The number of pyridine rings is 1. The van der Waals surface area contributed by atoms with Crippen molar-refractivity contribution in [2.75, 3.05) is 5.32 Å². The van der Waals surface area contributed by atoms with Crippen molar-refractivity contribution in [2.45, 2.75) is 13.5 Å². The molecule has 94 valence electrons. The van der Waals surface area contributed by atoms with Gasteiger partial charge in [0.15, 0.2) is 0 Å². The molecule has 0 aliphatic rings. The first-order chi connectivity index (χ1) is 8.60. The van der Waals surface area contributed by atoms with Gasteiger partial charge in [0.25, 0.3) is 5.91 Å². The van der Waals surface area contributed by atoms with Gasteiger partial charge >= 0.3 is 0 Å². The number of rotatable bonds is 3. The lowest BCUT2D eigenvalue weighted by molar-refractivity contribution is 0.101. The molecule has 0 saturated heterocycles. The number of hydrogen-bond donors (Lipinski definition) is 1. The van der Waals surface area contributed by atoms with Crippen LogP contribution in [0.25, 0.3) is 0 Å². The van der Waals surface area contributed by atoms with Crippen LogP contribution >= 0.6 is 31.9 Å². The first-order valence-corrected chi connectivity index (χ1v) is 6.97. The summed E-state index contributed by atoms with van der Waals surface area (Å²) in [6.07, 6.45) is 3.51. The van der Waals surface area contributed by atoms with Gasteiger partial charge in [0, 0.05) is 27.9 Å². The lowest BCUT2D eigenvalue weighted by Crippen LogP contribution is -2.17. The van der Waals surface area contributed by atoms with E-state index in [1.54, 1.807) is 24.4 Å². The highest BCUT2D eigenvalue weighted by molar-refractivity contribution is 9.10. The quantitative estimate of drug-likeness (QED) is 0.893. The van der Waals surface area contributed by atoms with Crippen molar-refractivity contribution in [3.63, 3.8) is 0 Å². The van der Waals surface area contributed by atoms with Crippen LogP contribution in [-0.4, -0.2) is 15.5 Å². The average molecular weight is 373 g/mol. The van der Waals surface area contributed by atoms with E-state index in [0.717, 1.165) is 15.5 Å². The molecule has 0 atom stereocenters. The number of aryl methyl sites for hydroxylation is 1. The fourth-order valence-electron chi connectivity index (χ4n) is 1.58. The van der Waals surface area contributed by atoms with Crippen LogP contribution in [0, 0.1) is 0 Å². The summed E-state index contributed by atoms with van der Waals surface area (Å²) >= 11 is 6.70. The van der Waals surface area contributed by atoms with E-state index in [-0.39, 0.29) is 5.91 Å². The lowest BCUT2D eigenvalue weighted by Gasteiger charge is -2.07. The second kappa shape index (κ2) is 5.67.